The van der Waals surface area contributed by atoms with Crippen LogP contribution in [0.4, 0.5) is 5.13 Å². The molecule has 5 heteroatoms. The first-order chi connectivity index (χ1) is 12.2. The summed E-state index contributed by atoms with van der Waals surface area (Å²) in [6.07, 6.45) is 1.74. The average Bonchev–Trinajstić information content (AvgIpc) is 3.06. The number of carbonyl (C=O) groups is 1. The highest BCUT2D eigenvalue weighted by molar-refractivity contribution is 7.15. The van der Waals surface area contributed by atoms with Crippen LogP contribution >= 0.6 is 11.3 Å². The summed E-state index contributed by atoms with van der Waals surface area (Å²) in [5.41, 5.74) is 0.347. The van der Waals surface area contributed by atoms with Gasteiger partial charge < -0.3 is 4.74 Å². The van der Waals surface area contributed by atoms with Crippen LogP contribution in [0.3, 0.4) is 0 Å². The summed E-state index contributed by atoms with van der Waals surface area (Å²) >= 11 is 1.44. The topological polar surface area (TPSA) is 51.2 Å². The minimum absolute atomic E-state index is 0.249. The predicted octanol–water partition coefficient (Wildman–Crippen LogP) is 4.37. The van der Waals surface area contributed by atoms with E-state index in [1.807, 2.05) is 74.5 Å². The van der Waals surface area contributed by atoms with Crippen molar-refractivity contribution in [2.24, 2.45) is 0 Å². The molecule has 0 aliphatic rings. The molecule has 0 radical (unpaired) electrons. The van der Waals surface area contributed by atoms with E-state index < -0.39 is 5.60 Å². The maximum atomic E-state index is 13.4. The van der Waals surface area contributed by atoms with Crippen LogP contribution in [0.2, 0.25) is 0 Å². The molecule has 0 saturated carbocycles. The first-order valence-electron chi connectivity index (χ1n) is 8.15. The van der Waals surface area contributed by atoms with E-state index in [4.69, 9.17) is 4.74 Å². The number of nitrogens with one attached hydrogen (secondary N) is 1. The number of thiazole rings is 1. The Kier molecular flexibility index (Phi) is 5.26. The fourth-order valence-corrected chi connectivity index (χ4v) is 3.48. The minimum Gasteiger partial charge on any atom is -0.356 e. The van der Waals surface area contributed by atoms with E-state index in [2.05, 4.69) is 10.3 Å². The van der Waals surface area contributed by atoms with Gasteiger partial charge in [0.1, 0.15) is 0 Å². The summed E-state index contributed by atoms with van der Waals surface area (Å²) in [4.78, 5) is 18.7. The van der Waals surface area contributed by atoms with Crippen molar-refractivity contribution in [3.05, 3.63) is 82.9 Å². The molecule has 4 nitrogen and oxygen atoms in total. The number of aryl methyl sites for hydroxylation is 1. The Labute approximate surface area is 151 Å². The molecule has 0 aliphatic carbocycles. The molecular weight excluding hydrogens is 332 g/mol. The number of benzene rings is 2. The highest BCUT2D eigenvalue weighted by Gasteiger charge is 2.43. The Hall–Kier alpha value is -2.50. The minimum atomic E-state index is -1.23. The molecule has 0 bridgehead atoms. The molecule has 0 spiro atoms. The van der Waals surface area contributed by atoms with E-state index in [1.54, 1.807) is 6.20 Å². The van der Waals surface area contributed by atoms with E-state index in [-0.39, 0.29) is 5.91 Å². The van der Waals surface area contributed by atoms with Crippen LogP contribution in [0, 0.1) is 6.92 Å². The van der Waals surface area contributed by atoms with Crippen LogP contribution in [-0.2, 0) is 15.1 Å². The molecule has 3 rings (SSSR count). The molecule has 0 saturated heterocycles. The molecular formula is C20H20N2O2S. The van der Waals surface area contributed by atoms with Gasteiger partial charge in [0, 0.05) is 17.7 Å². The van der Waals surface area contributed by atoms with Gasteiger partial charge in [-0.05, 0) is 25.0 Å². The Morgan fingerprint density at radius 1 is 1.08 bits per heavy atom. The second kappa shape index (κ2) is 7.59. The lowest BCUT2D eigenvalue weighted by atomic mass is 9.85. The average molecular weight is 352 g/mol. The van der Waals surface area contributed by atoms with Gasteiger partial charge in [-0.2, -0.15) is 0 Å². The van der Waals surface area contributed by atoms with E-state index >= 15 is 0 Å². The number of nitrogens with zero attached hydrogens (tertiary/aromatic N) is 1. The van der Waals surface area contributed by atoms with Gasteiger partial charge in [-0.15, -0.1) is 11.3 Å². The fraction of sp³-hybridized carbons (Fsp3) is 0.200. The molecule has 1 amide bonds. The summed E-state index contributed by atoms with van der Waals surface area (Å²) in [5.74, 6) is -0.249. The quantitative estimate of drug-likeness (QED) is 0.717. The van der Waals surface area contributed by atoms with Gasteiger partial charge in [0.15, 0.2) is 10.7 Å². The second-order valence-corrected chi connectivity index (χ2v) is 6.81. The Balaban J connectivity index is 2.11. The second-order valence-electron chi connectivity index (χ2n) is 5.58. The van der Waals surface area contributed by atoms with Gasteiger partial charge in [-0.3, -0.25) is 10.1 Å². The standard InChI is InChI=1S/C20H20N2O2S/c1-3-24-20(16-10-6-4-7-11-16,17-12-8-5-9-13-17)18(23)22-19-21-14-15(2)25-19/h4-14H,3H2,1-2H3,(H,21,22,23). The molecule has 1 heterocycles. The summed E-state index contributed by atoms with van der Waals surface area (Å²) in [7, 11) is 0. The molecule has 1 N–H and O–H groups in total. The summed E-state index contributed by atoms with van der Waals surface area (Å²) in [5, 5.41) is 3.50. The van der Waals surface area contributed by atoms with Crippen LogP contribution < -0.4 is 5.32 Å². The summed E-state index contributed by atoms with van der Waals surface area (Å²) < 4.78 is 6.11. The van der Waals surface area contributed by atoms with Crippen LogP contribution in [-0.4, -0.2) is 17.5 Å². The molecule has 1 aromatic heterocycles. The lowest BCUT2D eigenvalue weighted by Crippen LogP contribution is -2.44. The third-order valence-electron chi connectivity index (χ3n) is 3.88. The number of aromatic nitrogens is 1. The van der Waals surface area contributed by atoms with Crippen molar-refractivity contribution in [3.8, 4) is 0 Å². The van der Waals surface area contributed by atoms with E-state index in [0.717, 1.165) is 16.0 Å². The Morgan fingerprint density at radius 3 is 2.08 bits per heavy atom. The third kappa shape index (κ3) is 3.48. The largest absolute Gasteiger partial charge is 0.356 e. The van der Waals surface area contributed by atoms with E-state index in [1.165, 1.54) is 11.3 Å². The molecule has 0 fully saturated rings. The number of hydrogen-bond acceptors (Lipinski definition) is 4. The van der Waals surface area contributed by atoms with E-state index in [0.29, 0.717) is 11.7 Å². The number of ether oxygens (including phenoxy) is 1. The van der Waals surface area contributed by atoms with Crippen molar-refractivity contribution in [2.45, 2.75) is 19.4 Å². The normalized spacial score (nSPS) is 11.3. The van der Waals surface area contributed by atoms with Crippen LogP contribution in [0.1, 0.15) is 22.9 Å². The molecule has 2 aromatic carbocycles. The molecule has 128 valence electrons. The smallest absolute Gasteiger partial charge is 0.267 e. The third-order valence-corrected chi connectivity index (χ3v) is 4.71. The van der Waals surface area contributed by atoms with Gasteiger partial charge >= 0.3 is 0 Å². The fourth-order valence-electron chi connectivity index (χ4n) is 2.82. The van der Waals surface area contributed by atoms with Crippen molar-refractivity contribution in [1.82, 2.24) is 4.98 Å². The van der Waals surface area contributed by atoms with Crippen molar-refractivity contribution >= 4 is 22.4 Å². The zero-order valence-electron chi connectivity index (χ0n) is 14.2. The zero-order valence-corrected chi connectivity index (χ0v) is 15.0. The lowest BCUT2D eigenvalue weighted by molar-refractivity contribution is -0.136. The van der Waals surface area contributed by atoms with E-state index in [9.17, 15) is 4.79 Å². The number of hydrogen-bond donors (Lipinski definition) is 1. The van der Waals surface area contributed by atoms with Crippen molar-refractivity contribution in [3.63, 3.8) is 0 Å². The van der Waals surface area contributed by atoms with Crippen molar-refractivity contribution in [2.75, 3.05) is 11.9 Å². The zero-order chi connectivity index (χ0) is 17.7. The molecule has 25 heavy (non-hydrogen) atoms. The van der Waals surface area contributed by atoms with Gasteiger partial charge in [-0.25, -0.2) is 4.98 Å². The predicted molar refractivity (Wildman–Crippen MR) is 101 cm³/mol. The molecule has 0 atom stereocenters. The van der Waals surface area contributed by atoms with Crippen molar-refractivity contribution < 1.29 is 9.53 Å². The van der Waals surface area contributed by atoms with Crippen LogP contribution in [0.25, 0.3) is 0 Å². The lowest BCUT2D eigenvalue weighted by Gasteiger charge is -2.33. The molecule has 3 aromatic rings. The van der Waals surface area contributed by atoms with Crippen molar-refractivity contribution in [1.29, 1.82) is 0 Å². The maximum Gasteiger partial charge on any atom is 0.267 e. The first-order valence-corrected chi connectivity index (χ1v) is 8.97. The number of rotatable bonds is 6. The Bertz CT molecular complexity index is 792. The summed E-state index contributed by atoms with van der Waals surface area (Å²) in [6.45, 7) is 4.24. The summed E-state index contributed by atoms with van der Waals surface area (Å²) in [6, 6.07) is 19.1. The highest BCUT2D eigenvalue weighted by Crippen LogP contribution is 2.35. The number of carbonyl (C=O) groups excluding carboxylic acids is 1. The molecule has 0 aliphatic heterocycles. The first kappa shape index (κ1) is 17.3. The number of anilines is 1. The van der Waals surface area contributed by atoms with Gasteiger partial charge in [0.05, 0.1) is 0 Å². The monoisotopic (exact) mass is 352 g/mol. The highest BCUT2D eigenvalue weighted by atomic mass is 32.1. The van der Waals surface area contributed by atoms with Gasteiger partial charge in [0.2, 0.25) is 0 Å². The van der Waals surface area contributed by atoms with Crippen LogP contribution in [0.15, 0.2) is 66.9 Å². The SMILES string of the molecule is CCOC(C(=O)Nc1ncc(C)s1)(c1ccccc1)c1ccccc1. The maximum absolute atomic E-state index is 13.4. The molecule has 0 unspecified atom stereocenters. The van der Waals surface area contributed by atoms with Gasteiger partial charge in [-0.1, -0.05) is 60.7 Å². The van der Waals surface area contributed by atoms with Gasteiger partial charge in [0.25, 0.3) is 5.91 Å². The number of amides is 1. The Morgan fingerprint density at radius 2 is 1.64 bits per heavy atom. The van der Waals surface area contributed by atoms with Crippen LogP contribution in [0.5, 0.6) is 0 Å².